The second kappa shape index (κ2) is 4.93. The largest absolute Gasteiger partial charge is 0.423 e. The van der Waals surface area contributed by atoms with Crippen LogP contribution in [0.4, 0.5) is 0 Å². The molecule has 0 saturated heterocycles. The van der Waals surface area contributed by atoms with Crippen LogP contribution in [0.5, 0.6) is 5.75 Å². The maximum absolute atomic E-state index is 12.2. The Bertz CT molecular complexity index is 617. The molecule has 5 nitrogen and oxygen atoms in total. The van der Waals surface area contributed by atoms with Crippen molar-refractivity contribution in [1.29, 1.82) is 0 Å². The van der Waals surface area contributed by atoms with Crippen molar-refractivity contribution in [3.05, 3.63) is 28.8 Å². The number of ketones is 1. The van der Waals surface area contributed by atoms with Gasteiger partial charge in [0.05, 0.1) is 0 Å². The first-order valence-corrected chi connectivity index (χ1v) is 6.88. The molecule has 0 amide bonds. The van der Waals surface area contributed by atoms with Crippen molar-refractivity contribution in [3.63, 3.8) is 0 Å². The molecule has 114 valence electrons. The lowest BCUT2D eigenvalue weighted by atomic mass is 9.76. The average Bonchev–Trinajstić information content (AvgIpc) is 2.67. The van der Waals surface area contributed by atoms with E-state index in [0.717, 1.165) is 11.1 Å². The molecule has 0 spiro atoms. The topological polar surface area (TPSA) is 83.8 Å². The first-order chi connectivity index (χ1) is 9.61. The lowest BCUT2D eigenvalue weighted by Gasteiger charge is -2.35. The summed E-state index contributed by atoms with van der Waals surface area (Å²) in [4.78, 5) is 23.3. The number of aliphatic hydroxyl groups is 2. The van der Waals surface area contributed by atoms with E-state index in [4.69, 9.17) is 4.74 Å². The van der Waals surface area contributed by atoms with Crippen molar-refractivity contribution >= 4 is 11.8 Å². The molecule has 2 N–H and O–H groups in total. The minimum atomic E-state index is -2.16. The Balaban J connectivity index is 2.51. The van der Waals surface area contributed by atoms with Crippen molar-refractivity contribution in [2.45, 2.75) is 51.7 Å². The van der Waals surface area contributed by atoms with E-state index in [2.05, 4.69) is 0 Å². The van der Waals surface area contributed by atoms with Crippen molar-refractivity contribution in [2.75, 3.05) is 0 Å². The fourth-order valence-electron chi connectivity index (χ4n) is 2.59. The van der Waals surface area contributed by atoms with Crippen LogP contribution in [0.15, 0.2) is 12.1 Å². The Labute approximate surface area is 123 Å². The predicted molar refractivity (Wildman–Crippen MR) is 76.0 cm³/mol. The minimum Gasteiger partial charge on any atom is -0.423 e. The van der Waals surface area contributed by atoms with Gasteiger partial charge in [-0.3, -0.25) is 0 Å². The number of esters is 1. The van der Waals surface area contributed by atoms with Gasteiger partial charge in [-0.1, -0.05) is 12.1 Å². The standard InChI is InChI=1S/C16H20O5/c1-9-5-6-12-13(11(9)3)21-14(18)16(12,20)15(4,19)8-7-10(2)17/h5-6,19-20H,7-8H2,1-4H3. The number of fused-ring (bicyclic) bond motifs is 1. The molecule has 1 heterocycles. The van der Waals surface area contributed by atoms with Crippen LogP contribution in [0.3, 0.4) is 0 Å². The zero-order valence-corrected chi connectivity index (χ0v) is 12.7. The lowest BCUT2D eigenvalue weighted by Crippen LogP contribution is -2.54. The highest BCUT2D eigenvalue weighted by atomic mass is 16.6. The number of rotatable bonds is 4. The maximum atomic E-state index is 12.2. The molecule has 0 aliphatic carbocycles. The summed E-state index contributed by atoms with van der Waals surface area (Å²) in [7, 11) is 0. The summed E-state index contributed by atoms with van der Waals surface area (Å²) in [5.41, 5.74) is -2.02. The second-order valence-corrected chi connectivity index (χ2v) is 5.96. The average molecular weight is 292 g/mol. The van der Waals surface area contributed by atoms with Gasteiger partial charge in [0.1, 0.15) is 17.1 Å². The third-order valence-electron chi connectivity index (χ3n) is 4.30. The molecule has 2 atom stereocenters. The summed E-state index contributed by atoms with van der Waals surface area (Å²) in [6, 6.07) is 3.35. The Morgan fingerprint density at radius 1 is 1.38 bits per heavy atom. The van der Waals surface area contributed by atoms with Crippen molar-refractivity contribution in [3.8, 4) is 5.75 Å². The van der Waals surface area contributed by atoms with Crippen LogP contribution in [0, 0.1) is 13.8 Å². The lowest BCUT2D eigenvalue weighted by molar-refractivity contribution is -0.185. The van der Waals surface area contributed by atoms with E-state index < -0.39 is 17.2 Å². The molecule has 0 aromatic heterocycles. The molecule has 1 aromatic rings. The maximum Gasteiger partial charge on any atom is 0.351 e. The van der Waals surface area contributed by atoms with E-state index in [0.29, 0.717) is 5.75 Å². The first-order valence-electron chi connectivity index (χ1n) is 6.88. The van der Waals surface area contributed by atoms with Crippen molar-refractivity contribution in [2.24, 2.45) is 0 Å². The summed E-state index contributed by atoms with van der Waals surface area (Å²) in [6.07, 6.45) is 0.0447. The van der Waals surface area contributed by atoms with Crippen LogP contribution >= 0.6 is 0 Å². The van der Waals surface area contributed by atoms with E-state index >= 15 is 0 Å². The number of carbonyl (C=O) groups excluding carboxylic acids is 2. The Morgan fingerprint density at radius 3 is 2.57 bits per heavy atom. The van der Waals surface area contributed by atoms with Gasteiger partial charge in [-0.05, 0) is 45.2 Å². The Kier molecular flexibility index (Phi) is 3.68. The van der Waals surface area contributed by atoms with E-state index in [-0.39, 0.29) is 24.2 Å². The summed E-state index contributed by atoms with van der Waals surface area (Å²) in [6.45, 7) is 6.40. The molecule has 0 saturated carbocycles. The monoisotopic (exact) mass is 292 g/mol. The van der Waals surface area contributed by atoms with E-state index in [1.807, 2.05) is 6.92 Å². The van der Waals surface area contributed by atoms with Crippen LogP contribution in [0.1, 0.15) is 43.4 Å². The van der Waals surface area contributed by atoms with Crippen LogP contribution in [0.25, 0.3) is 0 Å². The van der Waals surface area contributed by atoms with Gasteiger partial charge in [0.25, 0.3) is 0 Å². The molecule has 2 unspecified atom stereocenters. The third-order valence-corrected chi connectivity index (χ3v) is 4.30. The molecule has 1 aliphatic heterocycles. The predicted octanol–water partition coefficient (Wildman–Crippen LogP) is 1.53. The number of ether oxygens (including phenoxy) is 1. The molecule has 1 aromatic carbocycles. The molecule has 0 fully saturated rings. The second-order valence-electron chi connectivity index (χ2n) is 5.96. The molecule has 5 heteroatoms. The highest BCUT2D eigenvalue weighted by Gasteiger charge is 2.59. The molecular formula is C16H20O5. The molecular weight excluding hydrogens is 272 g/mol. The number of hydrogen-bond acceptors (Lipinski definition) is 5. The zero-order valence-electron chi connectivity index (χ0n) is 12.7. The van der Waals surface area contributed by atoms with Crippen LogP contribution < -0.4 is 4.74 Å². The quantitative estimate of drug-likeness (QED) is 0.649. The highest BCUT2D eigenvalue weighted by Crippen LogP contribution is 2.48. The Hall–Kier alpha value is -1.72. The number of carbonyl (C=O) groups is 2. The number of Topliss-reactive ketones (excluding diaryl/α,β-unsaturated/α-hetero) is 1. The van der Waals surface area contributed by atoms with Crippen LogP contribution in [-0.2, 0) is 15.2 Å². The Morgan fingerprint density at radius 2 is 2.00 bits per heavy atom. The van der Waals surface area contributed by atoms with E-state index in [1.165, 1.54) is 13.8 Å². The highest BCUT2D eigenvalue weighted by molar-refractivity contribution is 5.91. The van der Waals surface area contributed by atoms with Gasteiger partial charge in [-0.2, -0.15) is 0 Å². The number of benzene rings is 1. The van der Waals surface area contributed by atoms with Crippen molar-refractivity contribution < 1.29 is 24.5 Å². The van der Waals surface area contributed by atoms with Crippen LogP contribution in [0.2, 0.25) is 0 Å². The van der Waals surface area contributed by atoms with Crippen LogP contribution in [-0.4, -0.2) is 27.6 Å². The summed E-state index contributed by atoms with van der Waals surface area (Å²) in [5, 5.41) is 21.4. The van der Waals surface area contributed by atoms with Gasteiger partial charge < -0.3 is 19.7 Å². The van der Waals surface area contributed by atoms with Crippen molar-refractivity contribution in [1.82, 2.24) is 0 Å². The van der Waals surface area contributed by atoms with E-state index in [9.17, 15) is 19.8 Å². The van der Waals surface area contributed by atoms with Gasteiger partial charge >= 0.3 is 5.97 Å². The first kappa shape index (κ1) is 15.7. The summed E-state index contributed by atoms with van der Waals surface area (Å²) >= 11 is 0. The fourth-order valence-corrected chi connectivity index (χ4v) is 2.59. The molecule has 21 heavy (non-hydrogen) atoms. The number of hydrogen-bond donors (Lipinski definition) is 2. The fraction of sp³-hybridized carbons (Fsp3) is 0.500. The summed E-state index contributed by atoms with van der Waals surface area (Å²) in [5.74, 6) is -0.726. The smallest absolute Gasteiger partial charge is 0.351 e. The van der Waals surface area contributed by atoms with Gasteiger partial charge in [-0.25, -0.2) is 4.79 Å². The SMILES string of the molecule is CC(=O)CCC(C)(O)C1(O)C(=O)Oc2c1ccc(C)c2C. The molecule has 0 bridgehead atoms. The third kappa shape index (κ3) is 2.26. The molecule has 0 radical (unpaired) electrons. The zero-order chi connectivity index (χ0) is 16.0. The molecule has 2 rings (SSSR count). The van der Waals surface area contributed by atoms with Gasteiger partial charge in [0.2, 0.25) is 5.60 Å². The van der Waals surface area contributed by atoms with Gasteiger partial charge in [-0.15, -0.1) is 0 Å². The minimum absolute atomic E-state index is 0.0275. The van der Waals surface area contributed by atoms with Gasteiger partial charge in [0.15, 0.2) is 0 Å². The van der Waals surface area contributed by atoms with Gasteiger partial charge in [0, 0.05) is 12.0 Å². The number of aryl methyl sites for hydroxylation is 1. The normalized spacial score (nSPS) is 23.4. The summed E-state index contributed by atoms with van der Waals surface area (Å²) < 4.78 is 5.19. The van der Waals surface area contributed by atoms with E-state index in [1.54, 1.807) is 19.1 Å². The molecule has 1 aliphatic rings.